The summed E-state index contributed by atoms with van der Waals surface area (Å²) in [5.41, 5.74) is 7.10. The summed E-state index contributed by atoms with van der Waals surface area (Å²) in [7, 11) is -3.13. The number of nitrogen functional groups attached to an aromatic ring is 1. The van der Waals surface area contributed by atoms with Crippen molar-refractivity contribution in [3.63, 3.8) is 0 Å². The molecular weight excluding hydrogens is 264 g/mol. The first-order valence-corrected chi connectivity index (χ1v) is 8.01. The van der Waals surface area contributed by atoms with Crippen LogP contribution in [0.15, 0.2) is 18.2 Å². The van der Waals surface area contributed by atoms with E-state index in [-0.39, 0.29) is 0 Å². The molecule has 1 rings (SSSR count). The number of hydrogen-bond acceptors (Lipinski definition) is 5. The SMILES string of the molecule is CCOc1cc(N)cc(NCC(C)(C)S(C)(=O)=O)c1. The van der Waals surface area contributed by atoms with Gasteiger partial charge in [0.05, 0.1) is 11.4 Å². The summed E-state index contributed by atoms with van der Waals surface area (Å²) in [4.78, 5) is 0. The van der Waals surface area contributed by atoms with Gasteiger partial charge in [-0.2, -0.15) is 0 Å². The van der Waals surface area contributed by atoms with Gasteiger partial charge >= 0.3 is 0 Å². The molecule has 0 atom stereocenters. The van der Waals surface area contributed by atoms with Crippen LogP contribution in [0, 0.1) is 0 Å². The third kappa shape index (κ3) is 4.31. The summed E-state index contributed by atoms with van der Waals surface area (Å²) in [6.07, 6.45) is 1.24. The molecule has 0 aliphatic heterocycles. The Balaban J connectivity index is 2.83. The third-order valence-corrected chi connectivity index (χ3v) is 5.11. The van der Waals surface area contributed by atoms with Crippen LogP contribution in [-0.2, 0) is 9.84 Å². The van der Waals surface area contributed by atoms with E-state index in [1.807, 2.05) is 6.92 Å². The van der Waals surface area contributed by atoms with Crippen LogP contribution >= 0.6 is 0 Å². The van der Waals surface area contributed by atoms with Gasteiger partial charge in [0.25, 0.3) is 0 Å². The average molecular weight is 286 g/mol. The van der Waals surface area contributed by atoms with Crippen molar-refractivity contribution >= 4 is 21.2 Å². The quantitative estimate of drug-likeness (QED) is 0.781. The molecule has 0 unspecified atom stereocenters. The van der Waals surface area contributed by atoms with E-state index >= 15 is 0 Å². The lowest BCUT2D eigenvalue weighted by Crippen LogP contribution is -2.38. The summed E-state index contributed by atoms with van der Waals surface area (Å²) in [5.74, 6) is 0.669. The predicted molar refractivity (Wildman–Crippen MR) is 79.4 cm³/mol. The maximum atomic E-state index is 11.6. The number of sulfone groups is 1. The lowest BCUT2D eigenvalue weighted by atomic mass is 10.2. The molecule has 19 heavy (non-hydrogen) atoms. The second-order valence-electron chi connectivity index (χ2n) is 5.11. The fourth-order valence-corrected chi connectivity index (χ4v) is 1.75. The molecule has 5 nitrogen and oxygen atoms in total. The molecule has 0 radical (unpaired) electrons. The van der Waals surface area contributed by atoms with Crippen molar-refractivity contribution in [2.45, 2.75) is 25.5 Å². The molecule has 0 aliphatic rings. The van der Waals surface area contributed by atoms with Crippen molar-refractivity contribution in [1.29, 1.82) is 0 Å². The molecule has 0 spiro atoms. The van der Waals surface area contributed by atoms with Crippen molar-refractivity contribution in [3.05, 3.63) is 18.2 Å². The Hall–Kier alpha value is -1.43. The summed E-state index contributed by atoms with van der Waals surface area (Å²) in [6, 6.07) is 5.29. The van der Waals surface area contributed by atoms with E-state index in [0.29, 0.717) is 24.6 Å². The number of hydrogen-bond donors (Lipinski definition) is 2. The first kappa shape index (κ1) is 15.6. The van der Waals surface area contributed by atoms with Crippen LogP contribution in [0.4, 0.5) is 11.4 Å². The third-order valence-electron chi connectivity index (χ3n) is 2.96. The highest BCUT2D eigenvalue weighted by Crippen LogP contribution is 2.24. The lowest BCUT2D eigenvalue weighted by Gasteiger charge is -2.23. The van der Waals surface area contributed by atoms with Gasteiger partial charge in [-0.25, -0.2) is 8.42 Å². The molecule has 1 aromatic carbocycles. The predicted octanol–water partition coefficient (Wildman–Crippen LogP) is 1.90. The Labute approximate surface area is 115 Å². The normalized spacial score (nSPS) is 12.2. The van der Waals surface area contributed by atoms with Crippen LogP contribution in [-0.4, -0.2) is 32.6 Å². The fraction of sp³-hybridized carbons (Fsp3) is 0.538. The van der Waals surface area contributed by atoms with Gasteiger partial charge < -0.3 is 15.8 Å². The number of benzene rings is 1. The number of nitrogens with one attached hydrogen (secondary N) is 1. The monoisotopic (exact) mass is 286 g/mol. The number of ether oxygens (including phenoxy) is 1. The molecule has 0 fully saturated rings. The van der Waals surface area contributed by atoms with Crippen LogP contribution in [0.2, 0.25) is 0 Å². The van der Waals surface area contributed by atoms with E-state index in [2.05, 4.69) is 5.32 Å². The molecule has 0 heterocycles. The second-order valence-corrected chi connectivity index (χ2v) is 7.76. The molecule has 0 amide bonds. The Morgan fingerprint density at radius 2 is 1.95 bits per heavy atom. The van der Waals surface area contributed by atoms with Gasteiger partial charge in [-0.3, -0.25) is 0 Å². The zero-order valence-corrected chi connectivity index (χ0v) is 12.7. The molecule has 0 saturated carbocycles. The van der Waals surface area contributed by atoms with Gasteiger partial charge in [-0.05, 0) is 26.8 Å². The van der Waals surface area contributed by atoms with E-state index in [1.54, 1.807) is 32.0 Å². The van der Waals surface area contributed by atoms with Crippen molar-refractivity contribution < 1.29 is 13.2 Å². The van der Waals surface area contributed by atoms with Gasteiger partial charge in [0.2, 0.25) is 0 Å². The van der Waals surface area contributed by atoms with Crippen molar-refractivity contribution in [1.82, 2.24) is 0 Å². The molecule has 108 valence electrons. The largest absolute Gasteiger partial charge is 0.494 e. The van der Waals surface area contributed by atoms with Crippen molar-refractivity contribution in [2.24, 2.45) is 0 Å². The summed E-state index contributed by atoms with van der Waals surface area (Å²) >= 11 is 0. The Bertz CT molecular complexity index is 539. The first-order chi connectivity index (χ1) is 8.65. The van der Waals surface area contributed by atoms with Crippen molar-refractivity contribution in [3.8, 4) is 5.75 Å². The zero-order chi connectivity index (χ0) is 14.7. The summed E-state index contributed by atoms with van der Waals surface area (Å²) < 4.78 is 27.8. The van der Waals surface area contributed by atoms with E-state index in [4.69, 9.17) is 10.5 Å². The highest BCUT2D eigenvalue weighted by atomic mass is 32.2. The van der Waals surface area contributed by atoms with Gasteiger partial charge in [-0.1, -0.05) is 0 Å². The molecule has 3 N–H and O–H groups in total. The van der Waals surface area contributed by atoms with Crippen LogP contribution in [0.1, 0.15) is 20.8 Å². The molecule has 0 aliphatic carbocycles. The number of rotatable bonds is 6. The molecule has 0 bridgehead atoms. The number of nitrogens with two attached hydrogens (primary N) is 1. The summed E-state index contributed by atoms with van der Waals surface area (Å²) in [5, 5.41) is 3.09. The Kier molecular flexibility index (Phi) is 4.68. The van der Waals surface area contributed by atoms with Crippen LogP contribution < -0.4 is 15.8 Å². The van der Waals surface area contributed by atoms with Crippen LogP contribution in [0.5, 0.6) is 5.75 Å². The van der Waals surface area contributed by atoms with Gasteiger partial charge in [-0.15, -0.1) is 0 Å². The molecule has 0 saturated heterocycles. The van der Waals surface area contributed by atoms with E-state index < -0.39 is 14.6 Å². The standard InChI is InChI=1S/C13H22N2O3S/c1-5-18-12-7-10(14)6-11(8-12)15-9-13(2,3)19(4,16)17/h6-8,15H,5,9,14H2,1-4H3. The number of anilines is 2. The van der Waals surface area contributed by atoms with E-state index in [9.17, 15) is 8.42 Å². The highest BCUT2D eigenvalue weighted by molar-refractivity contribution is 7.92. The highest BCUT2D eigenvalue weighted by Gasteiger charge is 2.29. The van der Waals surface area contributed by atoms with Crippen LogP contribution in [0.3, 0.4) is 0 Å². The van der Waals surface area contributed by atoms with Gasteiger partial charge in [0.1, 0.15) is 5.75 Å². The van der Waals surface area contributed by atoms with E-state index in [0.717, 1.165) is 5.69 Å². The molecule has 0 aromatic heterocycles. The maximum Gasteiger partial charge on any atom is 0.154 e. The Morgan fingerprint density at radius 3 is 2.47 bits per heavy atom. The van der Waals surface area contributed by atoms with E-state index in [1.165, 1.54) is 6.26 Å². The smallest absolute Gasteiger partial charge is 0.154 e. The minimum absolute atomic E-state index is 0.306. The Morgan fingerprint density at radius 1 is 1.32 bits per heavy atom. The van der Waals surface area contributed by atoms with Gasteiger partial charge in [0.15, 0.2) is 9.84 Å². The maximum absolute atomic E-state index is 11.6. The second kappa shape index (κ2) is 5.69. The van der Waals surface area contributed by atoms with Crippen molar-refractivity contribution in [2.75, 3.05) is 30.5 Å². The summed E-state index contributed by atoms with van der Waals surface area (Å²) in [6.45, 7) is 6.12. The average Bonchev–Trinajstić information content (AvgIpc) is 2.25. The minimum atomic E-state index is -3.13. The topological polar surface area (TPSA) is 81.4 Å². The molecule has 1 aromatic rings. The fourth-order valence-electron chi connectivity index (χ4n) is 1.42. The minimum Gasteiger partial charge on any atom is -0.494 e. The molecule has 6 heteroatoms. The van der Waals surface area contributed by atoms with Gasteiger partial charge in [0, 0.05) is 36.3 Å². The molecular formula is C13H22N2O3S. The van der Waals surface area contributed by atoms with Crippen LogP contribution in [0.25, 0.3) is 0 Å². The first-order valence-electron chi connectivity index (χ1n) is 6.12. The zero-order valence-electron chi connectivity index (χ0n) is 11.9. The lowest BCUT2D eigenvalue weighted by molar-refractivity contribution is 0.340.